The van der Waals surface area contributed by atoms with Crippen LogP contribution >= 0.6 is 0 Å². The zero-order valence-electron chi connectivity index (χ0n) is 16.0. The van der Waals surface area contributed by atoms with E-state index in [9.17, 15) is 4.79 Å². The van der Waals surface area contributed by atoms with Crippen LogP contribution in [0.1, 0.15) is 37.3 Å². The second-order valence-electron chi connectivity index (χ2n) is 7.33. The van der Waals surface area contributed by atoms with Crippen molar-refractivity contribution >= 4 is 11.7 Å². The van der Waals surface area contributed by atoms with Crippen molar-refractivity contribution in [2.45, 2.75) is 31.6 Å². The summed E-state index contributed by atoms with van der Waals surface area (Å²) in [7, 11) is 0. The number of nitrogens with zero attached hydrogens (tertiary/aromatic N) is 1. The highest BCUT2D eigenvalue weighted by Gasteiger charge is 2.37. The minimum absolute atomic E-state index is 0.0486. The van der Waals surface area contributed by atoms with Gasteiger partial charge >= 0.3 is 5.97 Å². The lowest BCUT2D eigenvalue weighted by molar-refractivity contribution is -0.142. The fourth-order valence-electron chi connectivity index (χ4n) is 3.97. The number of carbonyl (C=O) groups excluding carboxylic acids is 1. The van der Waals surface area contributed by atoms with E-state index in [1.54, 1.807) is 6.92 Å². The molecule has 27 heavy (non-hydrogen) atoms. The van der Waals surface area contributed by atoms with Crippen molar-refractivity contribution in [3.05, 3.63) is 71.8 Å². The fourth-order valence-corrected chi connectivity index (χ4v) is 3.97. The van der Waals surface area contributed by atoms with Crippen LogP contribution < -0.4 is 0 Å². The van der Waals surface area contributed by atoms with E-state index >= 15 is 0 Å². The highest BCUT2D eigenvalue weighted by atomic mass is 16.5. The van der Waals surface area contributed by atoms with Gasteiger partial charge in [0.05, 0.1) is 6.42 Å². The van der Waals surface area contributed by atoms with E-state index < -0.39 is 0 Å². The summed E-state index contributed by atoms with van der Waals surface area (Å²) in [4.78, 5) is 14.0. The number of rotatable bonds is 7. The Morgan fingerprint density at radius 2 is 1.52 bits per heavy atom. The number of likely N-dealkylation sites (tertiary alicyclic amines) is 1. The molecule has 2 aromatic carbocycles. The molecule has 0 saturated carbocycles. The quantitative estimate of drug-likeness (QED) is 0.596. The summed E-state index contributed by atoms with van der Waals surface area (Å²) in [6.45, 7) is 4.73. The molecule has 4 heteroatoms. The summed E-state index contributed by atoms with van der Waals surface area (Å²) < 4.78 is 5.26. The predicted molar refractivity (Wildman–Crippen MR) is 108 cm³/mol. The molecule has 142 valence electrons. The van der Waals surface area contributed by atoms with Gasteiger partial charge in [-0.2, -0.15) is 0 Å². The summed E-state index contributed by atoms with van der Waals surface area (Å²) in [5.41, 5.74) is 3.15. The Balaban J connectivity index is 1.63. The van der Waals surface area contributed by atoms with Gasteiger partial charge in [-0.1, -0.05) is 60.7 Å². The summed E-state index contributed by atoms with van der Waals surface area (Å²) in [6.07, 6.45) is 2.19. The molecule has 0 unspecified atom stereocenters. The third kappa shape index (κ3) is 4.83. The Kier molecular flexibility index (Phi) is 6.40. The second kappa shape index (κ2) is 8.96. The van der Waals surface area contributed by atoms with Crippen molar-refractivity contribution < 1.29 is 9.53 Å². The average Bonchev–Trinajstić information content (AvgIpc) is 2.69. The van der Waals surface area contributed by atoms with Crippen LogP contribution in [0.25, 0.3) is 0 Å². The number of ether oxygens (including phenoxy) is 1. The molecule has 4 nitrogen and oxygen atoms in total. The lowest BCUT2D eigenvalue weighted by atomic mass is 9.68. The van der Waals surface area contributed by atoms with Gasteiger partial charge < -0.3 is 10.1 Å². The minimum atomic E-state index is -0.303. The van der Waals surface area contributed by atoms with E-state index in [-0.39, 0.29) is 17.8 Å². The number of hydrogen-bond donors (Lipinski definition) is 1. The minimum Gasteiger partial charge on any atom is -0.464 e. The van der Waals surface area contributed by atoms with Gasteiger partial charge in [-0.05, 0) is 44.0 Å². The van der Waals surface area contributed by atoms with Crippen molar-refractivity contribution in [3.63, 3.8) is 0 Å². The lowest BCUT2D eigenvalue weighted by Gasteiger charge is -2.43. The number of esters is 1. The Labute approximate surface area is 161 Å². The second-order valence-corrected chi connectivity index (χ2v) is 7.33. The zero-order valence-corrected chi connectivity index (χ0v) is 16.0. The third-order valence-electron chi connectivity index (χ3n) is 5.44. The summed E-state index contributed by atoms with van der Waals surface area (Å²) in [5.74, 6) is -0.303. The molecule has 0 bridgehead atoms. The lowest BCUT2D eigenvalue weighted by Crippen LogP contribution is -2.44. The number of benzene rings is 2. The van der Waals surface area contributed by atoms with Gasteiger partial charge in [0.1, 0.15) is 6.61 Å². The number of piperidine rings is 1. The smallest absolute Gasteiger partial charge is 0.311 e. The third-order valence-corrected chi connectivity index (χ3v) is 5.44. The molecule has 0 aliphatic carbocycles. The van der Waals surface area contributed by atoms with Gasteiger partial charge in [0, 0.05) is 17.7 Å². The van der Waals surface area contributed by atoms with E-state index in [2.05, 4.69) is 65.6 Å². The molecule has 1 fully saturated rings. The first kappa shape index (κ1) is 19.3. The van der Waals surface area contributed by atoms with Crippen LogP contribution in [-0.4, -0.2) is 42.8 Å². The van der Waals surface area contributed by atoms with Crippen LogP contribution in [0.3, 0.4) is 0 Å². The molecule has 0 radical (unpaired) electrons. The van der Waals surface area contributed by atoms with E-state index in [1.807, 2.05) is 0 Å². The Hall–Kier alpha value is -2.46. The standard InChI is InChI=1S/C23H28N2O2/c1-19(24)18-22(26)27-17-16-25-14-12-23(13-15-25,20-8-4-2-5-9-20)21-10-6-3-7-11-21/h2-11,24H,12-18H2,1H3. The van der Waals surface area contributed by atoms with E-state index in [4.69, 9.17) is 10.1 Å². The molecule has 0 atom stereocenters. The maximum absolute atomic E-state index is 11.6. The molecule has 3 rings (SSSR count). The average molecular weight is 364 g/mol. The molecule has 0 amide bonds. The molecule has 1 saturated heterocycles. The van der Waals surface area contributed by atoms with Crippen LogP contribution in [-0.2, 0) is 14.9 Å². The van der Waals surface area contributed by atoms with Crippen molar-refractivity contribution in [2.75, 3.05) is 26.2 Å². The molecule has 1 N–H and O–H groups in total. The van der Waals surface area contributed by atoms with Gasteiger partial charge in [0.2, 0.25) is 0 Å². The number of carbonyl (C=O) groups is 1. The van der Waals surface area contributed by atoms with E-state index in [1.165, 1.54) is 11.1 Å². The normalized spacial score (nSPS) is 16.6. The van der Waals surface area contributed by atoms with Crippen LogP contribution in [0, 0.1) is 5.41 Å². The molecule has 0 aromatic heterocycles. The maximum Gasteiger partial charge on any atom is 0.311 e. The van der Waals surface area contributed by atoms with Crippen molar-refractivity contribution in [3.8, 4) is 0 Å². The monoisotopic (exact) mass is 364 g/mol. The van der Waals surface area contributed by atoms with Crippen LogP contribution in [0.5, 0.6) is 0 Å². The van der Waals surface area contributed by atoms with Crippen LogP contribution in [0.2, 0.25) is 0 Å². The van der Waals surface area contributed by atoms with Gasteiger partial charge in [0.25, 0.3) is 0 Å². The van der Waals surface area contributed by atoms with Gasteiger partial charge in [-0.3, -0.25) is 9.69 Å². The number of nitrogens with one attached hydrogen (secondary N) is 1. The first-order valence-electron chi connectivity index (χ1n) is 9.63. The predicted octanol–water partition coefficient (Wildman–Crippen LogP) is 4.04. The van der Waals surface area contributed by atoms with E-state index in [0.29, 0.717) is 12.3 Å². The van der Waals surface area contributed by atoms with Crippen molar-refractivity contribution in [1.82, 2.24) is 4.90 Å². The molecule has 0 spiro atoms. The maximum atomic E-state index is 11.6. The molecule has 1 heterocycles. The molecule has 1 aliphatic heterocycles. The largest absolute Gasteiger partial charge is 0.464 e. The zero-order chi connectivity index (χ0) is 19.1. The number of hydrogen-bond acceptors (Lipinski definition) is 4. The first-order chi connectivity index (χ1) is 13.1. The van der Waals surface area contributed by atoms with Gasteiger partial charge in [-0.15, -0.1) is 0 Å². The first-order valence-corrected chi connectivity index (χ1v) is 9.63. The highest BCUT2D eigenvalue weighted by Crippen LogP contribution is 2.41. The molecule has 1 aliphatic rings. The topological polar surface area (TPSA) is 53.4 Å². The summed E-state index contributed by atoms with van der Waals surface area (Å²) in [6, 6.07) is 21.6. The van der Waals surface area contributed by atoms with Crippen molar-refractivity contribution in [2.24, 2.45) is 0 Å². The van der Waals surface area contributed by atoms with Crippen LogP contribution in [0.4, 0.5) is 0 Å². The van der Waals surface area contributed by atoms with Crippen LogP contribution in [0.15, 0.2) is 60.7 Å². The van der Waals surface area contributed by atoms with Gasteiger partial charge in [0.15, 0.2) is 0 Å². The Morgan fingerprint density at radius 1 is 1.00 bits per heavy atom. The fraction of sp³-hybridized carbons (Fsp3) is 0.391. The summed E-state index contributed by atoms with van der Waals surface area (Å²) in [5, 5.41) is 7.35. The Bertz CT molecular complexity index is 709. The van der Waals surface area contributed by atoms with Crippen molar-refractivity contribution in [1.29, 1.82) is 5.41 Å². The highest BCUT2D eigenvalue weighted by molar-refractivity contribution is 5.95. The molecular weight excluding hydrogens is 336 g/mol. The molecule has 2 aromatic rings. The Morgan fingerprint density at radius 3 is 2.00 bits per heavy atom. The van der Waals surface area contributed by atoms with Gasteiger partial charge in [-0.25, -0.2) is 0 Å². The summed E-state index contributed by atoms with van der Waals surface area (Å²) >= 11 is 0. The molecular formula is C23H28N2O2. The SMILES string of the molecule is CC(=N)CC(=O)OCCN1CCC(c2ccccc2)(c2ccccc2)CC1. The van der Waals surface area contributed by atoms with E-state index in [0.717, 1.165) is 32.5 Å².